The van der Waals surface area contributed by atoms with E-state index in [2.05, 4.69) is 4.98 Å². The predicted octanol–water partition coefficient (Wildman–Crippen LogP) is 3.58. The van der Waals surface area contributed by atoms with E-state index in [1.165, 1.54) is 36.8 Å². The van der Waals surface area contributed by atoms with Crippen molar-refractivity contribution in [1.82, 2.24) is 4.98 Å². The zero-order valence-electron chi connectivity index (χ0n) is 15.2. The number of aromatic nitrogens is 1. The summed E-state index contributed by atoms with van der Waals surface area (Å²) in [6, 6.07) is 17.9. The lowest BCUT2D eigenvalue weighted by Gasteiger charge is -2.20. The molecule has 142 valence electrons. The van der Waals surface area contributed by atoms with Gasteiger partial charge >= 0.3 is 0 Å². The second-order valence-electron chi connectivity index (χ2n) is 5.71. The summed E-state index contributed by atoms with van der Waals surface area (Å²) < 4.78 is 37.5. The molecule has 0 bridgehead atoms. The summed E-state index contributed by atoms with van der Waals surface area (Å²) in [6.45, 7) is 0. The molecule has 0 aliphatic carbocycles. The molecule has 0 saturated heterocycles. The van der Waals surface area contributed by atoms with Gasteiger partial charge in [0.05, 0.1) is 17.7 Å². The highest BCUT2D eigenvalue weighted by atomic mass is 32.2. The number of hydrogen-bond acceptors (Lipinski definition) is 6. The first-order valence-electron chi connectivity index (χ1n) is 8.21. The van der Waals surface area contributed by atoms with Crippen LogP contribution >= 0.6 is 0 Å². The molecule has 0 aliphatic heterocycles. The molecule has 7 nitrogen and oxygen atoms in total. The highest BCUT2D eigenvalue weighted by Gasteiger charge is 2.21. The van der Waals surface area contributed by atoms with E-state index in [1.807, 2.05) is 6.07 Å². The number of anilines is 1. The second-order valence-corrected chi connectivity index (χ2v) is 7.68. The Labute approximate surface area is 163 Å². The van der Waals surface area contributed by atoms with Crippen molar-refractivity contribution >= 4 is 15.7 Å². The average molecular weight is 395 g/mol. The first-order valence-corrected chi connectivity index (χ1v) is 9.66. The summed E-state index contributed by atoms with van der Waals surface area (Å²) in [4.78, 5) is 4.19. The first kappa shape index (κ1) is 19.2. The van der Waals surface area contributed by atoms with Crippen molar-refractivity contribution in [2.75, 3.05) is 18.5 Å². The maximum atomic E-state index is 12.8. The number of nitriles is 1. The van der Waals surface area contributed by atoms with Crippen LogP contribution in [-0.2, 0) is 10.0 Å². The van der Waals surface area contributed by atoms with E-state index >= 15 is 0 Å². The van der Waals surface area contributed by atoms with E-state index in [1.54, 1.807) is 48.5 Å². The van der Waals surface area contributed by atoms with Gasteiger partial charge in [0.1, 0.15) is 23.1 Å². The van der Waals surface area contributed by atoms with Crippen molar-refractivity contribution in [3.63, 3.8) is 0 Å². The van der Waals surface area contributed by atoms with Crippen LogP contribution < -0.4 is 13.8 Å². The lowest BCUT2D eigenvalue weighted by Crippen LogP contribution is -2.26. The topological polar surface area (TPSA) is 92.5 Å². The minimum absolute atomic E-state index is 0.156. The fraction of sp³-hybridized carbons (Fsp3) is 0.100. The van der Waals surface area contributed by atoms with Gasteiger partial charge in [0, 0.05) is 13.2 Å². The lowest BCUT2D eigenvalue weighted by molar-refractivity contribution is 0.414. The Balaban J connectivity index is 1.81. The van der Waals surface area contributed by atoms with Crippen LogP contribution in [0.25, 0.3) is 0 Å². The molecule has 8 heteroatoms. The Hall–Kier alpha value is -3.57. The van der Waals surface area contributed by atoms with Gasteiger partial charge in [-0.25, -0.2) is 13.4 Å². The fourth-order valence-electron chi connectivity index (χ4n) is 2.44. The van der Waals surface area contributed by atoms with E-state index in [0.29, 0.717) is 22.7 Å². The predicted molar refractivity (Wildman–Crippen MR) is 104 cm³/mol. The second kappa shape index (κ2) is 7.98. The van der Waals surface area contributed by atoms with E-state index < -0.39 is 10.0 Å². The molecule has 3 rings (SSSR count). The van der Waals surface area contributed by atoms with Gasteiger partial charge in [0.2, 0.25) is 5.88 Å². The van der Waals surface area contributed by atoms with E-state index in [4.69, 9.17) is 14.7 Å². The van der Waals surface area contributed by atoms with Gasteiger partial charge in [-0.05, 0) is 60.7 Å². The molecule has 0 spiro atoms. The van der Waals surface area contributed by atoms with Crippen LogP contribution in [0.15, 0.2) is 71.8 Å². The standard InChI is InChI=1S/C20H17N3O4S/c1-23(28(24,25)19-11-9-17(26-2)10-12-19)16-5-7-18(8-6-16)27-20-15(14-21)4-3-13-22-20/h3-13H,1-2H3. The third-order valence-electron chi connectivity index (χ3n) is 4.02. The molecular weight excluding hydrogens is 378 g/mol. The summed E-state index contributed by atoms with van der Waals surface area (Å²) in [5, 5.41) is 9.09. The molecule has 1 heterocycles. The molecule has 2 aromatic carbocycles. The Morgan fingerprint density at radius 3 is 2.25 bits per heavy atom. The molecule has 0 aliphatic rings. The normalized spacial score (nSPS) is 10.8. The van der Waals surface area contributed by atoms with Crippen LogP contribution in [0.3, 0.4) is 0 Å². The van der Waals surface area contributed by atoms with Crippen LogP contribution in [0.4, 0.5) is 5.69 Å². The van der Waals surface area contributed by atoms with Crippen LogP contribution in [0.5, 0.6) is 17.4 Å². The maximum Gasteiger partial charge on any atom is 0.264 e. The molecule has 0 saturated carbocycles. The Morgan fingerprint density at radius 2 is 1.64 bits per heavy atom. The lowest BCUT2D eigenvalue weighted by atomic mass is 10.3. The number of hydrogen-bond donors (Lipinski definition) is 0. The minimum Gasteiger partial charge on any atom is -0.497 e. The van der Waals surface area contributed by atoms with Crippen LogP contribution in [0, 0.1) is 11.3 Å². The average Bonchev–Trinajstić information content (AvgIpc) is 2.74. The molecule has 0 N–H and O–H groups in total. The summed E-state index contributed by atoms with van der Waals surface area (Å²) in [7, 11) is -0.726. The molecule has 0 radical (unpaired) electrons. The molecule has 0 unspecified atom stereocenters. The summed E-state index contributed by atoms with van der Waals surface area (Å²) in [6.07, 6.45) is 1.53. The number of benzene rings is 2. The Bertz CT molecular complexity index is 1110. The highest BCUT2D eigenvalue weighted by Crippen LogP contribution is 2.28. The van der Waals surface area contributed by atoms with Gasteiger partial charge < -0.3 is 9.47 Å². The van der Waals surface area contributed by atoms with Crippen LogP contribution in [-0.4, -0.2) is 27.6 Å². The van der Waals surface area contributed by atoms with Crippen LogP contribution in [0.1, 0.15) is 5.56 Å². The van der Waals surface area contributed by atoms with Crippen molar-refractivity contribution in [3.8, 4) is 23.4 Å². The molecule has 0 fully saturated rings. The van der Waals surface area contributed by atoms with E-state index in [9.17, 15) is 8.42 Å². The quantitative estimate of drug-likeness (QED) is 0.633. The van der Waals surface area contributed by atoms with Crippen molar-refractivity contribution in [3.05, 3.63) is 72.4 Å². The summed E-state index contributed by atoms with van der Waals surface area (Å²) in [5.74, 6) is 1.21. The van der Waals surface area contributed by atoms with Gasteiger partial charge in [-0.1, -0.05) is 0 Å². The van der Waals surface area contributed by atoms with Crippen molar-refractivity contribution in [2.24, 2.45) is 0 Å². The monoisotopic (exact) mass is 395 g/mol. The van der Waals surface area contributed by atoms with Gasteiger partial charge in [-0.15, -0.1) is 0 Å². The molecule has 1 aromatic heterocycles. The smallest absolute Gasteiger partial charge is 0.264 e. The summed E-state index contributed by atoms with van der Waals surface area (Å²) in [5.41, 5.74) is 0.774. The number of ether oxygens (including phenoxy) is 2. The Morgan fingerprint density at radius 1 is 1.00 bits per heavy atom. The van der Waals surface area contributed by atoms with Crippen LogP contribution in [0.2, 0.25) is 0 Å². The molecule has 0 amide bonds. The van der Waals surface area contributed by atoms with Crippen molar-refractivity contribution < 1.29 is 17.9 Å². The van der Waals surface area contributed by atoms with Crippen molar-refractivity contribution in [1.29, 1.82) is 5.26 Å². The molecule has 0 atom stereocenters. The SMILES string of the molecule is COc1ccc(S(=O)(=O)N(C)c2ccc(Oc3ncccc3C#N)cc2)cc1. The minimum atomic E-state index is -3.72. The molecule has 3 aromatic rings. The first-order chi connectivity index (χ1) is 13.5. The summed E-state index contributed by atoms with van der Waals surface area (Å²) >= 11 is 0. The number of methoxy groups -OCH3 is 1. The van der Waals surface area contributed by atoms with Gasteiger partial charge in [0.15, 0.2) is 0 Å². The number of pyridine rings is 1. The van der Waals surface area contributed by atoms with Gasteiger partial charge in [0.25, 0.3) is 10.0 Å². The zero-order valence-corrected chi connectivity index (χ0v) is 16.1. The number of nitrogens with zero attached hydrogens (tertiary/aromatic N) is 3. The fourth-order valence-corrected chi connectivity index (χ4v) is 3.63. The number of sulfonamides is 1. The van der Waals surface area contributed by atoms with Gasteiger partial charge in [-0.2, -0.15) is 5.26 Å². The number of rotatable bonds is 6. The van der Waals surface area contributed by atoms with Gasteiger partial charge in [-0.3, -0.25) is 4.31 Å². The third-order valence-corrected chi connectivity index (χ3v) is 5.82. The van der Waals surface area contributed by atoms with E-state index in [0.717, 1.165) is 0 Å². The third kappa shape index (κ3) is 3.89. The molecule has 28 heavy (non-hydrogen) atoms. The maximum absolute atomic E-state index is 12.8. The zero-order chi connectivity index (χ0) is 20.1. The largest absolute Gasteiger partial charge is 0.497 e. The molecular formula is C20H17N3O4S. The van der Waals surface area contributed by atoms with Crippen molar-refractivity contribution in [2.45, 2.75) is 4.90 Å². The highest BCUT2D eigenvalue weighted by molar-refractivity contribution is 7.92. The van der Waals surface area contributed by atoms with E-state index in [-0.39, 0.29) is 10.8 Å². The Kier molecular flexibility index (Phi) is 5.47.